The molecule has 6 heteroatoms. The number of rotatable bonds is 8. The van der Waals surface area contributed by atoms with Crippen molar-refractivity contribution in [3.8, 4) is 0 Å². The minimum Gasteiger partial charge on any atom is -0.384 e. The van der Waals surface area contributed by atoms with Gasteiger partial charge in [0.15, 0.2) is 0 Å². The number of nitrogens with zero attached hydrogens (tertiary/aromatic N) is 1. The summed E-state index contributed by atoms with van der Waals surface area (Å²) >= 11 is 6.11. The zero-order valence-electron chi connectivity index (χ0n) is 16.8. The maximum atomic E-state index is 13.5. The predicted octanol–water partition coefficient (Wildman–Crippen LogP) is 5.39. The molecule has 2 aromatic carbocycles. The average molecular weight is 442 g/mol. The van der Waals surface area contributed by atoms with E-state index < -0.39 is 5.60 Å². The van der Waals surface area contributed by atoms with Gasteiger partial charge < -0.3 is 9.84 Å². The van der Waals surface area contributed by atoms with Crippen LogP contribution in [0.15, 0.2) is 48.5 Å². The van der Waals surface area contributed by atoms with Crippen molar-refractivity contribution in [2.45, 2.75) is 37.7 Å². The number of hydrogen-bond donors (Lipinski definition) is 1. The molecule has 1 fully saturated rings. The third-order valence-corrected chi connectivity index (χ3v) is 5.90. The zero-order valence-corrected chi connectivity index (χ0v) is 18.4. The lowest BCUT2D eigenvalue weighted by atomic mass is 9.74. The molecule has 1 aliphatic heterocycles. The van der Waals surface area contributed by atoms with Gasteiger partial charge in [0.05, 0.1) is 18.8 Å². The van der Waals surface area contributed by atoms with Crippen molar-refractivity contribution in [3.63, 3.8) is 0 Å². The topological polar surface area (TPSA) is 32.7 Å². The molecule has 0 saturated carbocycles. The van der Waals surface area contributed by atoms with E-state index >= 15 is 0 Å². The van der Waals surface area contributed by atoms with Crippen LogP contribution in [0.2, 0.25) is 5.02 Å². The fourth-order valence-corrected chi connectivity index (χ4v) is 4.10. The molecule has 1 heterocycles. The number of halogens is 3. The second kappa shape index (κ2) is 11.3. The molecule has 1 aliphatic rings. The molecule has 2 aromatic rings. The molecular formula is C23H30Cl2FNO2. The van der Waals surface area contributed by atoms with Crippen LogP contribution < -0.4 is 0 Å². The van der Waals surface area contributed by atoms with Gasteiger partial charge in [-0.15, -0.1) is 12.4 Å². The quantitative estimate of drug-likeness (QED) is 0.595. The maximum Gasteiger partial charge on any atom is 0.123 e. The highest BCUT2D eigenvalue weighted by Gasteiger charge is 2.40. The SMILES string of the molecule is CCCCC(O)(c1ccc(F)cc1)C(CN1CCOCC1)c1ccc(Cl)cc1.Cl. The Morgan fingerprint density at radius 2 is 1.72 bits per heavy atom. The fraction of sp³-hybridized carbons (Fsp3) is 0.478. The van der Waals surface area contributed by atoms with E-state index in [-0.39, 0.29) is 24.1 Å². The van der Waals surface area contributed by atoms with Gasteiger partial charge in [0.2, 0.25) is 0 Å². The Kier molecular flexibility index (Phi) is 9.38. The third kappa shape index (κ3) is 6.16. The van der Waals surface area contributed by atoms with E-state index in [4.69, 9.17) is 16.3 Å². The summed E-state index contributed by atoms with van der Waals surface area (Å²) in [5.41, 5.74) is 0.713. The number of morpholine rings is 1. The lowest BCUT2D eigenvalue weighted by Crippen LogP contribution is -2.45. The van der Waals surface area contributed by atoms with Crippen molar-refractivity contribution in [2.75, 3.05) is 32.8 Å². The standard InChI is InChI=1S/C23H29ClFNO2.ClH/c1-2-3-12-23(27,19-6-10-21(25)11-7-19)22(17-26-13-15-28-16-14-26)18-4-8-20(24)9-5-18;/h4-11,22,27H,2-3,12-17H2,1H3;1H. The normalized spacial score (nSPS) is 17.9. The first-order valence-electron chi connectivity index (χ1n) is 10.1. The Hall–Kier alpha value is -1.17. The van der Waals surface area contributed by atoms with E-state index in [1.54, 1.807) is 12.1 Å². The van der Waals surface area contributed by atoms with Crippen molar-refractivity contribution in [1.82, 2.24) is 4.90 Å². The molecule has 1 saturated heterocycles. The lowest BCUT2D eigenvalue weighted by Gasteiger charge is -2.41. The summed E-state index contributed by atoms with van der Waals surface area (Å²) < 4.78 is 19.0. The Balaban J connectivity index is 0.00000300. The van der Waals surface area contributed by atoms with Gasteiger partial charge >= 0.3 is 0 Å². The second-order valence-electron chi connectivity index (χ2n) is 7.55. The summed E-state index contributed by atoms with van der Waals surface area (Å²) in [6.45, 7) is 5.93. The van der Waals surface area contributed by atoms with E-state index in [0.29, 0.717) is 31.2 Å². The largest absolute Gasteiger partial charge is 0.384 e. The molecule has 0 aliphatic carbocycles. The highest BCUT2D eigenvalue weighted by atomic mass is 35.5. The van der Waals surface area contributed by atoms with Crippen molar-refractivity contribution in [3.05, 3.63) is 70.5 Å². The zero-order chi connectivity index (χ0) is 20.0. The number of unbranched alkanes of at least 4 members (excludes halogenated alkanes) is 1. The molecule has 0 aromatic heterocycles. The van der Waals surface area contributed by atoms with Crippen LogP contribution in [0.1, 0.15) is 43.2 Å². The van der Waals surface area contributed by atoms with Crippen molar-refractivity contribution >= 4 is 24.0 Å². The highest BCUT2D eigenvalue weighted by Crippen LogP contribution is 2.42. The molecule has 0 amide bonds. The molecule has 2 unspecified atom stereocenters. The minimum absolute atomic E-state index is 0. The Bertz CT molecular complexity index is 736. The number of aliphatic hydroxyl groups is 1. The molecule has 3 rings (SSSR count). The fourth-order valence-electron chi connectivity index (χ4n) is 3.97. The van der Waals surface area contributed by atoms with Gasteiger partial charge in [-0.1, -0.05) is 55.6 Å². The lowest BCUT2D eigenvalue weighted by molar-refractivity contribution is -0.0294. The van der Waals surface area contributed by atoms with Gasteiger partial charge in [-0.3, -0.25) is 4.90 Å². The summed E-state index contributed by atoms with van der Waals surface area (Å²) in [6, 6.07) is 14.0. The molecule has 2 atom stereocenters. The van der Waals surface area contributed by atoms with Crippen LogP contribution in [0.4, 0.5) is 4.39 Å². The molecule has 29 heavy (non-hydrogen) atoms. The van der Waals surface area contributed by atoms with Gasteiger partial charge in [-0.05, 0) is 41.8 Å². The molecule has 0 spiro atoms. The van der Waals surface area contributed by atoms with Crippen LogP contribution in [0.25, 0.3) is 0 Å². The smallest absolute Gasteiger partial charge is 0.123 e. The van der Waals surface area contributed by atoms with Crippen LogP contribution in [0, 0.1) is 5.82 Å². The van der Waals surface area contributed by atoms with Crippen molar-refractivity contribution in [1.29, 1.82) is 0 Å². The van der Waals surface area contributed by atoms with Crippen LogP contribution in [-0.4, -0.2) is 42.9 Å². The molecule has 0 bridgehead atoms. The van der Waals surface area contributed by atoms with Crippen molar-refractivity contribution < 1.29 is 14.2 Å². The van der Waals surface area contributed by atoms with E-state index in [1.165, 1.54) is 12.1 Å². The van der Waals surface area contributed by atoms with Gasteiger partial charge in [0.1, 0.15) is 5.82 Å². The average Bonchev–Trinajstić information content (AvgIpc) is 2.72. The van der Waals surface area contributed by atoms with Gasteiger partial charge in [0, 0.05) is 30.6 Å². The number of ether oxygens (including phenoxy) is 1. The summed E-state index contributed by atoms with van der Waals surface area (Å²) in [4.78, 5) is 2.34. The van der Waals surface area contributed by atoms with E-state index in [2.05, 4.69) is 11.8 Å². The highest BCUT2D eigenvalue weighted by molar-refractivity contribution is 6.30. The Morgan fingerprint density at radius 1 is 1.10 bits per heavy atom. The molecule has 0 radical (unpaired) electrons. The van der Waals surface area contributed by atoms with Gasteiger partial charge in [0.25, 0.3) is 0 Å². The predicted molar refractivity (Wildman–Crippen MR) is 119 cm³/mol. The first-order valence-corrected chi connectivity index (χ1v) is 10.4. The Labute approximate surface area is 184 Å². The monoisotopic (exact) mass is 441 g/mol. The van der Waals surface area contributed by atoms with Crippen LogP contribution in [0.3, 0.4) is 0 Å². The summed E-state index contributed by atoms with van der Waals surface area (Å²) in [5, 5.41) is 12.7. The first-order chi connectivity index (χ1) is 13.5. The molecular weight excluding hydrogens is 412 g/mol. The molecule has 3 nitrogen and oxygen atoms in total. The van der Waals surface area contributed by atoms with E-state index in [0.717, 1.165) is 37.1 Å². The summed E-state index contributed by atoms with van der Waals surface area (Å²) in [7, 11) is 0. The molecule has 1 N–H and O–H groups in total. The molecule has 160 valence electrons. The van der Waals surface area contributed by atoms with Crippen LogP contribution in [0.5, 0.6) is 0 Å². The van der Waals surface area contributed by atoms with Crippen LogP contribution >= 0.6 is 24.0 Å². The first kappa shape index (κ1) is 24.1. The second-order valence-corrected chi connectivity index (χ2v) is 7.99. The number of benzene rings is 2. The van der Waals surface area contributed by atoms with E-state index in [1.807, 2.05) is 24.3 Å². The Morgan fingerprint density at radius 3 is 2.31 bits per heavy atom. The van der Waals surface area contributed by atoms with Gasteiger partial charge in [-0.25, -0.2) is 4.39 Å². The summed E-state index contributed by atoms with van der Waals surface area (Å²) in [6.07, 6.45) is 2.49. The van der Waals surface area contributed by atoms with Crippen molar-refractivity contribution in [2.24, 2.45) is 0 Å². The van der Waals surface area contributed by atoms with Crippen LogP contribution in [-0.2, 0) is 10.3 Å². The van der Waals surface area contributed by atoms with E-state index in [9.17, 15) is 9.50 Å². The maximum absolute atomic E-state index is 13.5. The minimum atomic E-state index is -1.09. The number of hydrogen-bond acceptors (Lipinski definition) is 3. The van der Waals surface area contributed by atoms with Gasteiger partial charge in [-0.2, -0.15) is 0 Å². The third-order valence-electron chi connectivity index (χ3n) is 5.65. The summed E-state index contributed by atoms with van der Waals surface area (Å²) in [5.74, 6) is -0.447.